The molecule has 7 nitrogen and oxygen atoms in total. The van der Waals surface area contributed by atoms with Crippen LogP contribution >= 0.6 is 0 Å². The molecule has 2 aromatic carbocycles. The van der Waals surface area contributed by atoms with E-state index in [9.17, 15) is 26.4 Å². The number of rotatable bonds is 5. The zero-order valence-corrected chi connectivity index (χ0v) is 16.3. The van der Waals surface area contributed by atoms with E-state index in [1.807, 2.05) is 0 Å². The number of benzene rings is 2. The first kappa shape index (κ1) is 21.2. The summed E-state index contributed by atoms with van der Waals surface area (Å²) < 4.78 is 66.1. The van der Waals surface area contributed by atoms with Crippen LogP contribution in [0, 0.1) is 6.92 Å². The van der Waals surface area contributed by atoms with Gasteiger partial charge in [0, 0.05) is 23.8 Å². The Labute approximate surface area is 170 Å². The van der Waals surface area contributed by atoms with Crippen LogP contribution in [0.3, 0.4) is 0 Å². The van der Waals surface area contributed by atoms with E-state index in [1.54, 1.807) is 6.92 Å². The highest BCUT2D eigenvalue weighted by atomic mass is 32.2. The Balaban J connectivity index is 1.87. The Hall–Kier alpha value is -3.47. The van der Waals surface area contributed by atoms with E-state index in [2.05, 4.69) is 20.0 Å². The summed E-state index contributed by atoms with van der Waals surface area (Å²) in [6, 6.07) is 7.90. The Morgan fingerprint density at radius 1 is 1.03 bits per heavy atom. The van der Waals surface area contributed by atoms with E-state index in [4.69, 9.17) is 0 Å². The molecular formula is C19H15F3N4O3S. The van der Waals surface area contributed by atoms with Gasteiger partial charge in [-0.05, 0) is 48.9 Å². The average Bonchev–Trinajstić information content (AvgIpc) is 2.67. The van der Waals surface area contributed by atoms with Gasteiger partial charge in [0.15, 0.2) is 0 Å². The minimum atomic E-state index is -4.61. The van der Waals surface area contributed by atoms with Gasteiger partial charge in [0.1, 0.15) is 5.69 Å². The number of hydrogen-bond acceptors (Lipinski definition) is 5. The van der Waals surface area contributed by atoms with E-state index in [-0.39, 0.29) is 22.0 Å². The van der Waals surface area contributed by atoms with E-state index in [0.29, 0.717) is 11.6 Å². The lowest BCUT2D eigenvalue weighted by molar-refractivity contribution is -0.137. The third-order valence-electron chi connectivity index (χ3n) is 3.86. The molecule has 0 atom stereocenters. The predicted octanol–water partition coefficient (Wildman–Crippen LogP) is 3.86. The van der Waals surface area contributed by atoms with Gasteiger partial charge in [-0.25, -0.2) is 13.4 Å². The van der Waals surface area contributed by atoms with E-state index in [0.717, 1.165) is 12.1 Å². The number of nitrogens with zero attached hydrogens (tertiary/aromatic N) is 2. The summed E-state index contributed by atoms with van der Waals surface area (Å²) in [6.07, 6.45) is -0.631. The summed E-state index contributed by atoms with van der Waals surface area (Å²) in [6.45, 7) is 1.61. The van der Waals surface area contributed by atoms with E-state index < -0.39 is 27.7 Å². The van der Waals surface area contributed by atoms with E-state index in [1.165, 1.54) is 42.9 Å². The molecule has 0 saturated carbocycles. The smallest absolute Gasteiger partial charge is 0.321 e. The zero-order valence-electron chi connectivity index (χ0n) is 15.4. The molecule has 0 unspecified atom stereocenters. The highest BCUT2D eigenvalue weighted by molar-refractivity contribution is 7.92. The number of aryl methyl sites for hydroxylation is 1. The standard InChI is InChI=1S/C19H15F3N4O3S/c1-12-7-15(25-18(27)17-11-23-5-6-24-17)10-16(8-12)30(28,29)26-14-4-2-3-13(9-14)19(20,21)22/h2-11,26H,1H3,(H,25,27). The van der Waals surface area contributed by atoms with Crippen molar-refractivity contribution in [1.82, 2.24) is 9.97 Å². The molecule has 0 fully saturated rings. The summed E-state index contributed by atoms with van der Waals surface area (Å²) in [7, 11) is -4.22. The van der Waals surface area contributed by atoms with Crippen LogP contribution in [0.25, 0.3) is 0 Å². The van der Waals surface area contributed by atoms with Crippen molar-refractivity contribution in [3.8, 4) is 0 Å². The fraction of sp³-hybridized carbons (Fsp3) is 0.105. The normalized spacial score (nSPS) is 11.7. The number of nitrogens with one attached hydrogen (secondary N) is 2. The molecule has 0 aliphatic heterocycles. The van der Waals surface area contributed by atoms with Crippen LogP contribution in [0.15, 0.2) is 66.0 Å². The van der Waals surface area contributed by atoms with E-state index >= 15 is 0 Å². The summed E-state index contributed by atoms with van der Waals surface area (Å²) in [5.41, 5.74) is -0.503. The van der Waals surface area contributed by atoms with Crippen LogP contribution in [0.1, 0.15) is 21.6 Å². The molecule has 0 spiro atoms. The maximum Gasteiger partial charge on any atom is 0.416 e. The minimum absolute atomic E-state index is 0.0329. The number of halogens is 3. The zero-order chi connectivity index (χ0) is 21.9. The van der Waals surface area contributed by atoms with Crippen molar-refractivity contribution < 1.29 is 26.4 Å². The molecule has 0 bridgehead atoms. The second-order valence-corrected chi connectivity index (χ2v) is 7.95. The van der Waals surface area contributed by atoms with Crippen molar-refractivity contribution >= 4 is 27.3 Å². The maximum absolute atomic E-state index is 12.9. The van der Waals surface area contributed by atoms with Gasteiger partial charge in [0.05, 0.1) is 16.7 Å². The number of sulfonamides is 1. The Morgan fingerprint density at radius 2 is 1.80 bits per heavy atom. The van der Waals surface area contributed by atoms with Crippen LogP contribution in [0.5, 0.6) is 0 Å². The van der Waals surface area contributed by atoms with Gasteiger partial charge in [-0.15, -0.1) is 0 Å². The molecule has 1 amide bonds. The number of carbonyl (C=O) groups is 1. The summed E-state index contributed by atoms with van der Waals surface area (Å²) in [5.74, 6) is -0.595. The molecule has 11 heteroatoms. The lowest BCUT2D eigenvalue weighted by atomic mass is 10.2. The number of hydrogen-bond donors (Lipinski definition) is 2. The molecule has 1 aromatic heterocycles. The van der Waals surface area contributed by atoms with Crippen LogP contribution in [-0.2, 0) is 16.2 Å². The Kier molecular flexibility index (Phi) is 5.74. The van der Waals surface area contributed by atoms with Crippen molar-refractivity contribution in [2.45, 2.75) is 18.0 Å². The van der Waals surface area contributed by atoms with Gasteiger partial charge < -0.3 is 5.32 Å². The van der Waals surface area contributed by atoms with Crippen molar-refractivity contribution in [3.05, 3.63) is 77.9 Å². The molecule has 2 N–H and O–H groups in total. The highest BCUT2D eigenvalue weighted by Crippen LogP contribution is 2.31. The number of anilines is 2. The first-order chi connectivity index (χ1) is 14.0. The fourth-order valence-electron chi connectivity index (χ4n) is 2.56. The molecule has 0 aliphatic carbocycles. The van der Waals surface area contributed by atoms with Crippen molar-refractivity contribution in [2.75, 3.05) is 10.0 Å². The summed E-state index contributed by atoms with van der Waals surface area (Å²) in [4.78, 5) is 19.6. The molecular weight excluding hydrogens is 421 g/mol. The number of amides is 1. The second-order valence-electron chi connectivity index (χ2n) is 6.26. The van der Waals surface area contributed by atoms with Gasteiger partial charge in [0.25, 0.3) is 15.9 Å². The molecule has 156 valence electrons. The van der Waals surface area contributed by atoms with Crippen LogP contribution in [0.4, 0.5) is 24.5 Å². The number of aromatic nitrogens is 2. The van der Waals surface area contributed by atoms with Crippen LogP contribution in [0.2, 0.25) is 0 Å². The number of alkyl halides is 3. The van der Waals surface area contributed by atoms with Gasteiger partial charge in [-0.1, -0.05) is 6.07 Å². The Morgan fingerprint density at radius 3 is 2.47 bits per heavy atom. The molecule has 0 aliphatic rings. The largest absolute Gasteiger partial charge is 0.416 e. The molecule has 0 radical (unpaired) electrons. The summed E-state index contributed by atoms with van der Waals surface area (Å²) in [5, 5.41) is 2.52. The third kappa shape index (κ3) is 5.11. The minimum Gasteiger partial charge on any atom is -0.321 e. The molecule has 0 saturated heterocycles. The topological polar surface area (TPSA) is 101 Å². The van der Waals surface area contributed by atoms with Gasteiger partial charge >= 0.3 is 6.18 Å². The quantitative estimate of drug-likeness (QED) is 0.633. The Bertz CT molecular complexity index is 1180. The SMILES string of the molecule is Cc1cc(NC(=O)c2cnccn2)cc(S(=O)(=O)Nc2cccc(C(F)(F)F)c2)c1. The molecule has 3 aromatic rings. The lowest BCUT2D eigenvalue weighted by Gasteiger charge is -2.13. The van der Waals surface area contributed by atoms with Crippen molar-refractivity contribution in [2.24, 2.45) is 0 Å². The second kappa shape index (κ2) is 8.11. The number of carbonyl (C=O) groups excluding carboxylic acids is 1. The average molecular weight is 436 g/mol. The van der Waals surface area contributed by atoms with Crippen molar-refractivity contribution in [1.29, 1.82) is 0 Å². The van der Waals surface area contributed by atoms with Gasteiger partial charge in [-0.2, -0.15) is 13.2 Å². The highest BCUT2D eigenvalue weighted by Gasteiger charge is 2.30. The summed E-state index contributed by atoms with van der Waals surface area (Å²) >= 11 is 0. The first-order valence-electron chi connectivity index (χ1n) is 8.44. The van der Waals surface area contributed by atoms with Crippen LogP contribution < -0.4 is 10.0 Å². The molecule has 30 heavy (non-hydrogen) atoms. The maximum atomic E-state index is 12.9. The van der Waals surface area contributed by atoms with Crippen LogP contribution in [-0.4, -0.2) is 24.3 Å². The van der Waals surface area contributed by atoms with Gasteiger partial charge in [-0.3, -0.25) is 14.5 Å². The van der Waals surface area contributed by atoms with Crippen molar-refractivity contribution in [3.63, 3.8) is 0 Å². The third-order valence-corrected chi connectivity index (χ3v) is 5.22. The fourth-order valence-corrected chi connectivity index (χ4v) is 3.74. The molecule has 1 heterocycles. The lowest BCUT2D eigenvalue weighted by Crippen LogP contribution is -2.16. The monoisotopic (exact) mass is 436 g/mol. The predicted molar refractivity (Wildman–Crippen MR) is 103 cm³/mol. The van der Waals surface area contributed by atoms with Gasteiger partial charge in [0.2, 0.25) is 0 Å². The molecule has 3 rings (SSSR count). The first-order valence-corrected chi connectivity index (χ1v) is 9.92.